The number of hydrogen-bond acceptors (Lipinski definition) is 4. The lowest BCUT2D eigenvalue weighted by molar-refractivity contribution is -0.907. The van der Waals surface area contributed by atoms with Crippen molar-refractivity contribution in [2.24, 2.45) is 0 Å². The molecule has 0 aliphatic carbocycles. The smallest absolute Gasteiger partial charge is 0.359 e. The SMILES string of the molecule is O=C(O)C[NH+](CC(=O)O)C1CCS(=O)(=O)C1.[Cl-]. The van der Waals surface area contributed by atoms with Gasteiger partial charge in [0.05, 0.1) is 5.75 Å². The number of quaternary nitrogens is 1. The lowest BCUT2D eigenvalue weighted by Gasteiger charge is -2.20. The maximum Gasteiger partial charge on any atom is 0.359 e. The molecular weight excluding hydrogens is 274 g/mol. The molecule has 7 nitrogen and oxygen atoms in total. The maximum absolute atomic E-state index is 11.2. The molecule has 0 saturated carbocycles. The molecule has 1 aliphatic heterocycles. The summed E-state index contributed by atoms with van der Waals surface area (Å²) in [5, 5.41) is 17.2. The number of halogens is 1. The van der Waals surface area contributed by atoms with E-state index in [0.29, 0.717) is 11.3 Å². The Labute approximate surface area is 105 Å². The first-order chi connectivity index (χ1) is 7.30. The van der Waals surface area contributed by atoms with Crippen LogP contribution in [0.5, 0.6) is 0 Å². The maximum atomic E-state index is 11.2. The quantitative estimate of drug-likeness (QED) is 0.464. The van der Waals surface area contributed by atoms with E-state index in [1.54, 1.807) is 0 Å². The second-order valence-corrected chi connectivity index (χ2v) is 6.13. The fraction of sp³-hybridized carbons (Fsp3) is 0.750. The number of sulfone groups is 1. The zero-order valence-electron chi connectivity index (χ0n) is 8.93. The number of carboxylic acid groups (broad SMARTS) is 2. The van der Waals surface area contributed by atoms with Crippen LogP contribution in [0, 0.1) is 0 Å². The number of carbonyl (C=O) groups is 2. The molecule has 0 aromatic rings. The minimum Gasteiger partial charge on any atom is -1.00 e. The average Bonchev–Trinajstić information content (AvgIpc) is 2.43. The van der Waals surface area contributed by atoms with Crippen molar-refractivity contribution in [3.8, 4) is 0 Å². The predicted molar refractivity (Wildman–Crippen MR) is 53.0 cm³/mol. The minimum atomic E-state index is -3.12. The monoisotopic (exact) mass is 287 g/mol. The van der Waals surface area contributed by atoms with Gasteiger partial charge < -0.3 is 27.5 Å². The van der Waals surface area contributed by atoms with Gasteiger partial charge in [-0.15, -0.1) is 0 Å². The van der Waals surface area contributed by atoms with Crippen LogP contribution < -0.4 is 17.3 Å². The van der Waals surface area contributed by atoms with Crippen LogP contribution in [0.25, 0.3) is 0 Å². The van der Waals surface area contributed by atoms with E-state index in [1.807, 2.05) is 0 Å². The van der Waals surface area contributed by atoms with E-state index < -0.39 is 27.8 Å². The molecule has 3 N–H and O–H groups in total. The molecule has 1 rings (SSSR count). The molecule has 0 radical (unpaired) electrons. The molecule has 1 saturated heterocycles. The predicted octanol–water partition coefficient (Wildman–Crippen LogP) is -5.77. The first kappa shape index (κ1) is 16.1. The van der Waals surface area contributed by atoms with Crippen molar-refractivity contribution in [3.63, 3.8) is 0 Å². The van der Waals surface area contributed by atoms with Gasteiger partial charge in [0.25, 0.3) is 0 Å². The van der Waals surface area contributed by atoms with E-state index in [9.17, 15) is 18.0 Å². The van der Waals surface area contributed by atoms with Crippen molar-refractivity contribution in [3.05, 3.63) is 0 Å². The molecule has 1 unspecified atom stereocenters. The zero-order chi connectivity index (χ0) is 12.3. The third-order valence-corrected chi connectivity index (χ3v) is 4.33. The van der Waals surface area contributed by atoms with Crippen LogP contribution in [0.15, 0.2) is 0 Å². The van der Waals surface area contributed by atoms with Crippen LogP contribution in [0.1, 0.15) is 6.42 Å². The van der Waals surface area contributed by atoms with E-state index in [2.05, 4.69) is 0 Å². The van der Waals surface area contributed by atoms with Crippen LogP contribution in [-0.2, 0) is 19.4 Å². The van der Waals surface area contributed by atoms with E-state index >= 15 is 0 Å². The second kappa shape index (κ2) is 6.18. The Kier molecular flexibility index (Phi) is 5.86. The van der Waals surface area contributed by atoms with Gasteiger partial charge in [-0.1, -0.05) is 0 Å². The third-order valence-electron chi connectivity index (χ3n) is 2.57. The summed E-state index contributed by atoms with van der Waals surface area (Å²) < 4.78 is 22.4. The summed E-state index contributed by atoms with van der Waals surface area (Å²) in [6.07, 6.45) is 0.332. The summed E-state index contributed by atoms with van der Waals surface area (Å²) in [5.41, 5.74) is 0. The van der Waals surface area contributed by atoms with Crippen molar-refractivity contribution in [1.82, 2.24) is 0 Å². The van der Waals surface area contributed by atoms with Crippen LogP contribution >= 0.6 is 0 Å². The lowest BCUT2D eigenvalue weighted by atomic mass is 10.2. The van der Waals surface area contributed by atoms with Crippen molar-refractivity contribution in [2.45, 2.75) is 12.5 Å². The molecule has 0 aromatic heterocycles. The fourth-order valence-corrected chi connectivity index (χ4v) is 3.68. The Morgan fingerprint density at radius 3 is 1.94 bits per heavy atom. The second-order valence-electron chi connectivity index (χ2n) is 3.90. The molecule has 1 heterocycles. The Hall–Kier alpha value is -0.860. The molecule has 0 bridgehead atoms. The topological polar surface area (TPSA) is 113 Å². The van der Waals surface area contributed by atoms with Gasteiger partial charge in [0.15, 0.2) is 22.9 Å². The largest absolute Gasteiger partial charge is 1.00 e. The first-order valence-corrected chi connectivity index (χ1v) is 6.61. The number of rotatable bonds is 5. The van der Waals surface area contributed by atoms with Gasteiger partial charge >= 0.3 is 11.9 Å². The number of hydrogen-bond donors (Lipinski definition) is 3. The molecule has 1 fully saturated rings. The number of aliphatic carboxylic acids is 2. The highest BCUT2D eigenvalue weighted by molar-refractivity contribution is 7.91. The van der Waals surface area contributed by atoms with E-state index in [1.165, 1.54) is 0 Å². The molecule has 0 spiro atoms. The standard InChI is InChI=1S/C8H13NO6S.ClH/c10-7(11)3-9(4-8(12)13)6-1-2-16(14,15)5-6;/h6H,1-5H2,(H,10,11)(H,12,13);1H. The molecule has 1 aliphatic rings. The summed E-state index contributed by atoms with van der Waals surface area (Å²) in [6, 6.07) is -0.419. The molecule has 17 heavy (non-hydrogen) atoms. The van der Waals surface area contributed by atoms with Crippen molar-refractivity contribution >= 4 is 21.8 Å². The normalized spacial score (nSPS) is 22.1. The molecule has 1 atom stereocenters. The summed E-state index contributed by atoms with van der Waals surface area (Å²) in [6.45, 7) is -0.737. The summed E-state index contributed by atoms with van der Waals surface area (Å²) in [7, 11) is -3.12. The van der Waals surface area contributed by atoms with Gasteiger partial charge in [-0.3, -0.25) is 0 Å². The highest BCUT2D eigenvalue weighted by Gasteiger charge is 2.37. The van der Waals surface area contributed by atoms with Gasteiger partial charge in [0, 0.05) is 6.42 Å². The Morgan fingerprint density at radius 1 is 1.18 bits per heavy atom. The number of nitrogens with one attached hydrogen (secondary N) is 1. The minimum absolute atomic E-state index is 0. The summed E-state index contributed by atoms with van der Waals surface area (Å²) >= 11 is 0. The van der Waals surface area contributed by atoms with Gasteiger partial charge in [-0.2, -0.15) is 0 Å². The Balaban J connectivity index is 0.00000256. The molecule has 9 heteroatoms. The lowest BCUT2D eigenvalue weighted by Crippen LogP contribution is -3.17. The van der Waals surface area contributed by atoms with E-state index in [4.69, 9.17) is 10.2 Å². The van der Waals surface area contributed by atoms with Crippen molar-refractivity contribution in [1.29, 1.82) is 0 Å². The Morgan fingerprint density at radius 2 is 1.65 bits per heavy atom. The van der Waals surface area contributed by atoms with Crippen LogP contribution in [0.3, 0.4) is 0 Å². The van der Waals surface area contributed by atoms with E-state index in [-0.39, 0.29) is 37.0 Å². The van der Waals surface area contributed by atoms with Crippen LogP contribution in [0.2, 0.25) is 0 Å². The van der Waals surface area contributed by atoms with Gasteiger partial charge in [0.1, 0.15) is 11.8 Å². The van der Waals surface area contributed by atoms with Gasteiger partial charge in [0.2, 0.25) is 0 Å². The molecular formula is C8H14ClNO6S. The zero-order valence-corrected chi connectivity index (χ0v) is 10.5. The average molecular weight is 288 g/mol. The Bertz CT molecular complexity index is 379. The molecule has 100 valence electrons. The molecule has 0 amide bonds. The van der Waals surface area contributed by atoms with Crippen LogP contribution in [0.4, 0.5) is 0 Å². The van der Waals surface area contributed by atoms with Gasteiger partial charge in [-0.05, 0) is 0 Å². The summed E-state index contributed by atoms with van der Waals surface area (Å²) in [4.78, 5) is 21.4. The van der Waals surface area contributed by atoms with Crippen molar-refractivity contribution < 1.29 is 45.5 Å². The first-order valence-electron chi connectivity index (χ1n) is 4.79. The fourth-order valence-electron chi connectivity index (χ4n) is 1.86. The van der Waals surface area contributed by atoms with Gasteiger partial charge in [-0.25, -0.2) is 18.0 Å². The third kappa shape index (κ3) is 5.33. The van der Waals surface area contributed by atoms with E-state index in [0.717, 1.165) is 0 Å². The van der Waals surface area contributed by atoms with Crippen LogP contribution in [-0.4, -0.2) is 61.2 Å². The summed E-state index contributed by atoms with van der Waals surface area (Å²) in [5.74, 6) is -2.36. The highest BCUT2D eigenvalue weighted by atomic mass is 35.5. The molecule has 0 aromatic carbocycles. The van der Waals surface area contributed by atoms with Crippen molar-refractivity contribution in [2.75, 3.05) is 24.6 Å². The number of carboxylic acids is 2. The highest BCUT2D eigenvalue weighted by Crippen LogP contribution is 2.08.